The first-order valence-corrected chi connectivity index (χ1v) is 9.01. The summed E-state index contributed by atoms with van der Waals surface area (Å²) in [6, 6.07) is 7.18. The van der Waals surface area contributed by atoms with Gasteiger partial charge in [0.2, 0.25) is 11.9 Å². The van der Waals surface area contributed by atoms with Crippen molar-refractivity contribution in [1.29, 1.82) is 0 Å². The van der Waals surface area contributed by atoms with Crippen LogP contribution in [0.5, 0.6) is 0 Å². The molecule has 1 saturated heterocycles. The number of carbonyl (C=O) groups is 1. The molecule has 9 heteroatoms. The highest BCUT2D eigenvalue weighted by molar-refractivity contribution is 5.88. The van der Waals surface area contributed by atoms with E-state index in [9.17, 15) is 9.59 Å². The molecule has 0 aliphatic carbocycles. The van der Waals surface area contributed by atoms with Crippen molar-refractivity contribution >= 4 is 22.8 Å². The second kappa shape index (κ2) is 7.67. The summed E-state index contributed by atoms with van der Waals surface area (Å²) in [4.78, 5) is 35.6. The molecular weight excluding hydrogens is 348 g/mol. The van der Waals surface area contributed by atoms with Gasteiger partial charge in [-0.3, -0.25) is 20.0 Å². The van der Waals surface area contributed by atoms with Crippen molar-refractivity contribution in [3.05, 3.63) is 46.3 Å². The average Bonchev–Trinajstić information content (AvgIpc) is 3.33. The molecule has 3 heterocycles. The fourth-order valence-corrected chi connectivity index (χ4v) is 3.12. The molecule has 140 valence electrons. The third-order valence-electron chi connectivity index (χ3n) is 4.47. The summed E-state index contributed by atoms with van der Waals surface area (Å²) >= 11 is 0. The van der Waals surface area contributed by atoms with Crippen LogP contribution in [0, 0.1) is 0 Å². The van der Waals surface area contributed by atoms with Crippen LogP contribution in [0.15, 0.2) is 29.1 Å². The summed E-state index contributed by atoms with van der Waals surface area (Å²) in [5, 5.41) is 10.0. The molecule has 0 bridgehead atoms. The van der Waals surface area contributed by atoms with E-state index in [2.05, 4.69) is 30.5 Å². The third kappa shape index (κ3) is 4.03. The monoisotopic (exact) mass is 368 g/mol. The van der Waals surface area contributed by atoms with Crippen LogP contribution in [0.3, 0.4) is 0 Å². The van der Waals surface area contributed by atoms with E-state index in [-0.39, 0.29) is 29.9 Å². The van der Waals surface area contributed by atoms with Crippen molar-refractivity contribution in [2.24, 2.45) is 0 Å². The Labute approximate surface area is 154 Å². The van der Waals surface area contributed by atoms with Gasteiger partial charge < -0.3 is 9.72 Å². The number of anilines is 1. The molecule has 4 rings (SSSR count). The molecule has 3 aromatic rings. The SMILES string of the molecule is O=C(CCCc1nc2ccccc2c(=O)[nH]1)Nc1n[nH]c([C@@H]2CCCO2)n1. The molecule has 9 nitrogen and oxygen atoms in total. The quantitative estimate of drug-likeness (QED) is 0.610. The molecule has 1 aliphatic heterocycles. The van der Waals surface area contributed by atoms with Crippen LogP contribution in [-0.2, 0) is 16.0 Å². The van der Waals surface area contributed by atoms with Gasteiger partial charge in [0.1, 0.15) is 11.9 Å². The number of para-hydroxylation sites is 1. The zero-order chi connectivity index (χ0) is 18.6. The first-order chi connectivity index (χ1) is 13.2. The van der Waals surface area contributed by atoms with Gasteiger partial charge in [-0.2, -0.15) is 4.98 Å². The third-order valence-corrected chi connectivity index (χ3v) is 4.47. The molecule has 0 spiro atoms. The smallest absolute Gasteiger partial charge is 0.258 e. The number of aryl methyl sites for hydroxylation is 1. The van der Waals surface area contributed by atoms with E-state index in [1.54, 1.807) is 18.2 Å². The largest absolute Gasteiger partial charge is 0.370 e. The number of carbonyl (C=O) groups excluding carboxylic acids is 1. The maximum absolute atomic E-state index is 12.1. The van der Waals surface area contributed by atoms with Crippen LogP contribution in [0.4, 0.5) is 5.95 Å². The molecule has 0 unspecified atom stereocenters. The second-order valence-corrected chi connectivity index (χ2v) is 6.48. The average molecular weight is 368 g/mol. The highest BCUT2D eigenvalue weighted by atomic mass is 16.5. The number of benzene rings is 1. The van der Waals surface area contributed by atoms with Gasteiger partial charge in [0.15, 0.2) is 5.82 Å². The molecule has 1 atom stereocenters. The molecular formula is C18H20N6O3. The zero-order valence-corrected chi connectivity index (χ0v) is 14.7. The minimum absolute atomic E-state index is 0.0704. The maximum Gasteiger partial charge on any atom is 0.258 e. The summed E-state index contributed by atoms with van der Waals surface area (Å²) < 4.78 is 5.53. The first kappa shape index (κ1) is 17.3. The lowest BCUT2D eigenvalue weighted by Crippen LogP contribution is -2.15. The molecule has 1 amide bonds. The summed E-state index contributed by atoms with van der Waals surface area (Å²) in [7, 11) is 0. The minimum Gasteiger partial charge on any atom is -0.370 e. The molecule has 0 saturated carbocycles. The molecule has 1 aliphatic rings. The van der Waals surface area contributed by atoms with Crippen LogP contribution in [0.1, 0.15) is 43.4 Å². The Morgan fingerprint density at radius 1 is 1.30 bits per heavy atom. The van der Waals surface area contributed by atoms with Crippen molar-refractivity contribution in [3.8, 4) is 0 Å². The number of fused-ring (bicyclic) bond motifs is 1. The van der Waals surface area contributed by atoms with Gasteiger partial charge in [0.05, 0.1) is 10.9 Å². The zero-order valence-electron chi connectivity index (χ0n) is 14.7. The fourth-order valence-electron chi connectivity index (χ4n) is 3.12. The lowest BCUT2D eigenvalue weighted by atomic mass is 10.2. The fraction of sp³-hybridized carbons (Fsp3) is 0.389. The van der Waals surface area contributed by atoms with Gasteiger partial charge in [-0.05, 0) is 31.4 Å². The number of hydrogen-bond donors (Lipinski definition) is 3. The second-order valence-electron chi connectivity index (χ2n) is 6.48. The van der Waals surface area contributed by atoms with Crippen LogP contribution in [-0.4, -0.2) is 37.7 Å². The Morgan fingerprint density at radius 2 is 2.19 bits per heavy atom. The number of nitrogens with zero attached hydrogens (tertiary/aromatic N) is 3. The van der Waals surface area contributed by atoms with Crippen molar-refractivity contribution in [2.75, 3.05) is 11.9 Å². The number of nitrogens with one attached hydrogen (secondary N) is 3. The van der Waals surface area contributed by atoms with Crippen LogP contribution in [0.2, 0.25) is 0 Å². The first-order valence-electron chi connectivity index (χ1n) is 9.01. The van der Waals surface area contributed by atoms with E-state index in [4.69, 9.17) is 4.74 Å². The number of rotatable bonds is 6. The Bertz CT molecular complexity index is 1010. The van der Waals surface area contributed by atoms with E-state index in [1.165, 1.54) is 0 Å². The van der Waals surface area contributed by atoms with Gasteiger partial charge in [-0.15, -0.1) is 5.10 Å². The van der Waals surface area contributed by atoms with E-state index in [1.807, 2.05) is 6.07 Å². The van der Waals surface area contributed by atoms with E-state index in [0.29, 0.717) is 35.4 Å². The molecule has 0 radical (unpaired) electrons. The summed E-state index contributed by atoms with van der Waals surface area (Å²) in [5.41, 5.74) is 0.491. The van der Waals surface area contributed by atoms with Crippen LogP contribution in [0.25, 0.3) is 10.9 Å². The summed E-state index contributed by atoms with van der Waals surface area (Å²) in [6.45, 7) is 0.720. The van der Waals surface area contributed by atoms with Crippen molar-refractivity contribution in [2.45, 2.75) is 38.2 Å². The van der Waals surface area contributed by atoms with Gasteiger partial charge in [0.25, 0.3) is 5.56 Å². The van der Waals surface area contributed by atoms with Gasteiger partial charge in [-0.25, -0.2) is 4.98 Å². The standard InChI is InChI=1S/C18H20N6O3/c25-15(21-18-22-16(23-24-18)13-7-4-10-27-13)9-3-8-14-19-12-6-2-1-5-11(12)17(26)20-14/h1-2,5-6,13H,3-4,7-10H2,(H,19,20,26)(H2,21,22,23,24,25)/t13-/m0/s1. The van der Waals surface area contributed by atoms with Crippen molar-refractivity contribution in [1.82, 2.24) is 25.1 Å². The van der Waals surface area contributed by atoms with Crippen molar-refractivity contribution < 1.29 is 9.53 Å². The van der Waals surface area contributed by atoms with E-state index in [0.717, 1.165) is 19.4 Å². The molecule has 1 fully saturated rings. The van der Waals surface area contributed by atoms with Crippen molar-refractivity contribution in [3.63, 3.8) is 0 Å². The minimum atomic E-state index is -0.184. The lowest BCUT2D eigenvalue weighted by molar-refractivity contribution is -0.116. The number of H-pyrrole nitrogens is 2. The molecule has 1 aromatic carbocycles. The van der Waals surface area contributed by atoms with Gasteiger partial charge in [0, 0.05) is 19.4 Å². The summed E-state index contributed by atoms with van der Waals surface area (Å²) in [6.07, 6.45) is 3.16. The topological polar surface area (TPSA) is 126 Å². The maximum atomic E-state index is 12.1. The molecule has 3 N–H and O–H groups in total. The number of aromatic nitrogens is 5. The number of hydrogen-bond acceptors (Lipinski definition) is 6. The Kier molecular flexibility index (Phi) is 4.93. The molecule has 27 heavy (non-hydrogen) atoms. The number of amides is 1. The predicted octanol–water partition coefficient (Wildman–Crippen LogP) is 1.85. The van der Waals surface area contributed by atoms with E-state index >= 15 is 0 Å². The highest BCUT2D eigenvalue weighted by Gasteiger charge is 2.21. The molecule has 2 aromatic heterocycles. The van der Waals surface area contributed by atoms with Crippen LogP contribution < -0.4 is 10.9 Å². The van der Waals surface area contributed by atoms with Gasteiger partial charge in [-0.1, -0.05) is 12.1 Å². The van der Waals surface area contributed by atoms with Crippen LogP contribution >= 0.6 is 0 Å². The Hall–Kier alpha value is -3.07. The normalized spacial score (nSPS) is 16.7. The highest BCUT2D eigenvalue weighted by Crippen LogP contribution is 2.26. The Balaban J connectivity index is 1.30. The number of aromatic amines is 2. The van der Waals surface area contributed by atoms with E-state index < -0.39 is 0 Å². The lowest BCUT2D eigenvalue weighted by Gasteiger charge is -2.04. The Morgan fingerprint density at radius 3 is 3.04 bits per heavy atom. The number of ether oxygens (including phenoxy) is 1. The predicted molar refractivity (Wildman–Crippen MR) is 98.2 cm³/mol. The summed E-state index contributed by atoms with van der Waals surface area (Å²) in [5.74, 6) is 1.28. The van der Waals surface area contributed by atoms with Gasteiger partial charge >= 0.3 is 0 Å².